The van der Waals surface area contributed by atoms with Crippen LogP contribution in [0, 0.1) is 19.7 Å². The third-order valence-electron chi connectivity index (χ3n) is 3.68. The Morgan fingerprint density at radius 2 is 2.12 bits per heavy atom. The summed E-state index contributed by atoms with van der Waals surface area (Å²) in [7, 11) is 0. The van der Waals surface area contributed by atoms with Crippen molar-refractivity contribution in [2.75, 3.05) is 5.32 Å². The summed E-state index contributed by atoms with van der Waals surface area (Å²) in [6.45, 7) is 6.67. The van der Waals surface area contributed by atoms with Crippen LogP contribution in [-0.2, 0) is 6.54 Å². The fourth-order valence-corrected chi connectivity index (χ4v) is 3.48. The van der Waals surface area contributed by atoms with Gasteiger partial charge in [-0.1, -0.05) is 6.92 Å². The van der Waals surface area contributed by atoms with Gasteiger partial charge in [-0.05, 0) is 38.5 Å². The normalized spacial score (nSPS) is 10.9. The van der Waals surface area contributed by atoms with Crippen molar-refractivity contribution in [2.45, 2.75) is 33.7 Å². The van der Waals surface area contributed by atoms with Crippen LogP contribution in [0.15, 0.2) is 30.6 Å². The highest BCUT2D eigenvalue weighted by molar-refractivity contribution is 7.11. The smallest absolute Gasteiger partial charge is 0.255 e. The molecule has 0 saturated carbocycles. The van der Waals surface area contributed by atoms with Crippen molar-refractivity contribution in [2.24, 2.45) is 0 Å². The number of nitrogens with zero attached hydrogens (tertiary/aromatic N) is 3. The molecule has 5 nitrogen and oxygen atoms in total. The molecule has 2 heterocycles. The molecule has 0 aliphatic heterocycles. The van der Waals surface area contributed by atoms with Crippen LogP contribution < -0.4 is 5.32 Å². The van der Waals surface area contributed by atoms with Gasteiger partial charge in [0.25, 0.3) is 5.91 Å². The quantitative estimate of drug-likeness (QED) is 0.734. The first-order valence-corrected chi connectivity index (χ1v) is 8.86. The molecule has 1 N–H and O–H groups in total. The Morgan fingerprint density at radius 1 is 1.32 bits per heavy atom. The Bertz CT molecular complexity index is 916. The summed E-state index contributed by atoms with van der Waals surface area (Å²) in [5.74, 6) is -0.837. The minimum atomic E-state index is -0.464. The fourth-order valence-electron chi connectivity index (χ4n) is 2.64. The summed E-state index contributed by atoms with van der Waals surface area (Å²) in [6, 6.07) is 4.29. The van der Waals surface area contributed by atoms with E-state index in [0.29, 0.717) is 16.9 Å². The number of thiazole rings is 1. The highest BCUT2D eigenvalue weighted by atomic mass is 32.1. The third kappa shape index (κ3) is 3.93. The van der Waals surface area contributed by atoms with Crippen LogP contribution in [0.25, 0.3) is 11.3 Å². The van der Waals surface area contributed by atoms with E-state index < -0.39 is 5.82 Å². The Kier molecular flexibility index (Phi) is 4.94. The van der Waals surface area contributed by atoms with Gasteiger partial charge < -0.3 is 5.32 Å². The van der Waals surface area contributed by atoms with Gasteiger partial charge in [-0.2, -0.15) is 5.10 Å². The molecule has 0 fully saturated rings. The van der Waals surface area contributed by atoms with Crippen LogP contribution in [0.2, 0.25) is 0 Å². The topological polar surface area (TPSA) is 59.8 Å². The number of halogens is 1. The van der Waals surface area contributed by atoms with Gasteiger partial charge in [0.05, 0.1) is 22.6 Å². The second-order valence-corrected chi connectivity index (χ2v) is 7.22. The minimum Gasteiger partial charge on any atom is -0.319 e. The molecule has 0 aliphatic carbocycles. The lowest BCUT2D eigenvalue weighted by atomic mass is 10.1. The van der Waals surface area contributed by atoms with Gasteiger partial charge in [-0.25, -0.2) is 9.37 Å². The molecule has 1 aromatic carbocycles. The number of hydrogen-bond acceptors (Lipinski definition) is 4. The number of carbonyl (C=O) groups excluding carboxylic acids is 1. The van der Waals surface area contributed by atoms with E-state index in [1.165, 1.54) is 12.1 Å². The lowest BCUT2D eigenvalue weighted by Gasteiger charge is -2.06. The Balaban J connectivity index is 1.86. The lowest BCUT2D eigenvalue weighted by Crippen LogP contribution is -2.12. The molecule has 0 radical (unpaired) electrons. The first kappa shape index (κ1) is 17.3. The SMILES string of the molecule is CCCn1cc(NC(=O)c2cc(F)cc(-c3nc(C)sc3C)c2)cn1. The molecule has 1 amide bonds. The zero-order chi connectivity index (χ0) is 18.0. The number of nitrogens with one attached hydrogen (secondary N) is 1. The predicted octanol–water partition coefficient (Wildman–Crippen LogP) is 4.42. The summed E-state index contributed by atoms with van der Waals surface area (Å²) in [6.07, 6.45) is 4.30. The Morgan fingerprint density at radius 3 is 2.80 bits per heavy atom. The van der Waals surface area contributed by atoms with E-state index in [1.807, 2.05) is 13.8 Å². The molecule has 2 aromatic heterocycles. The van der Waals surface area contributed by atoms with Crippen LogP contribution in [0.3, 0.4) is 0 Å². The maximum atomic E-state index is 14.0. The van der Waals surface area contributed by atoms with Crippen LogP contribution in [-0.4, -0.2) is 20.7 Å². The molecule has 3 aromatic rings. The monoisotopic (exact) mass is 358 g/mol. The molecular weight excluding hydrogens is 339 g/mol. The van der Waals surface area contributed by atoms with Gasteiger partial charge in [0.1, 0.15) is 5.82 Å². The maximum Gasteiger partial charge on any atom is 0.255 e. The highest BCUT2D eigenvalue weighted by Crippen LogP contribution is 2.28. The molecule has 0 saturated heterocycles. The molecule has 130 valence electrons. The summed E-state index contributed by atoms with van der Waals surface area (Å²) in [5.41, 5.74) is 2.16. The number of amides is 1. The highest BCUT2D eigenvalue weighted by Gasteiger charge is 2.14. The van der Waals surface area contributed by atoms with E-state index in [2.05, 4.69) is 22.3 Å². The summed E-state index contributed by atoms with van der Waals surface area (Å²) in [5, 5.41) is 7.83. The lowest BCUT2D eigenvalue weighted by molar-refractivity contribution is 0.102. The predicted molar refractivity (Wildman–Crippen MR) is 97.5 cm³/mol. The molecule has 0 unspecified atom stereocenters. The van der Waals surface area contributed by atoms with Gasteiger partial charge in [0.15, 0.2) is 0 Å². The number of hydrogen-bond donors (Lipinski definition) is 1. The van der Waals surface area contributed by atoms with Crippen molar-refractivity contribution in [3.63, 3.8) is 0 Å². The average Bonchev–Trinajstić information content (AvgIpc) is 3.13. The summed E-state index contributed by atoms with van der Waals surface area (Å²) < 4.78 is 15.8. The Labute approximate surface area is 149 Å². The van der Waals surface area contributed by atoms with Gasteiger partial charge in [0, 0.05) is 28.7 Å². The second kappa shape index (κ2) is 7.14. The van der Waals surface area contributed by atoms with E-state index in [9.17, 15) is 9.18 Å². The number of carbonyl (C=O) groups is 1. The first-order valence-electron chi connectivity index (χ1n) is 8.05. The standard InChI is InChI=1S/C18H19FN4OS/c1-4-5-23-10-16(9-20-23)22-18(24)14-6-13(7-15(19)8-14)17-11(2)25-12(3)21-17/h6-10H,4-5H2,1-3H3,(H,22,24). The van der Waals surface area contributed by atoms with E-state index in [1.54, 1.807) is 34.5 Å². The largest absolute Gasteiger partial charge is 0.319 e. The van der Waals surface area contributed by atoms with E-state index >= 15 is 0 Å². The summed E-state index contributed by atoms with van der Waals surface area (Å²) >= 11 is 1.55. The minimum absolute atomic E-state index is 0.253. The Hall–Kier alpha value is -2.54. The molecule has 0 atom stereocenters. The van der Waals surface area contributed by atoms with Crippen LogP contribution >= 0.6 is 11.3 Å². The van der Waals surface area contributed by atoms with Crippen LogP contribution in [0.5, 0.6) is 0 Å². The van der Waals surface area contributed by atoms with Crippen LogP contribution in [0.4, 0.5) is 10.1 Å². The van der Waals surface area contributed by atoms with Crippen molar-refractivity contribution in [1.29, 1.82) is 0 Å². The first-order chi connectivity index (χ1) is 12.0. The van der Waals surface area contributed by atoms with Gasteiger partial charge in [-0.3, -0.25) is 9.48 Å². The van der Waals surface area contributed by atoms with Crippen molar-refractivity contribution in [1.82, 2.24) is 14.8 Å². The number of rotatable bonds is 5. The molecule has 0 bridgehead atoms. The molecule has 25 heavy (non-hydrogen) atoms. The average molecular weight is 358 g/mol. The van der Waals surface area contributed by atoms with Gasteiger partial charge in [-0.15, -0.1) is 11.3 Å². The zero-order valence-electron chi connectivity index (χ0n) is 14.3. The van der Waals surface area contributed by atoms with Crippen LogP contribution in [0.1, 0.15) is 33.6 Å². The number of aryl methyl sites for hydroxylation is 3. The molecule has 3 rings (SSSR count). The van der Waals surface area contributed by atoms with E-state index in [0.717, 1.165) is 22.9 Å². The van der Waals surface area contributed by atoms with Crippen molar-refractivity contribution < 1.29 is 9.18 Å². The van der Waals surface area contributed by atoms with Gasteiger partial charge >= 0.3 is 0 Å². The zero-order valence-corrected chi connectivity index (χ0v) is 15.2. The third-order valence-corrected chi connectivity index (χ3v) is 4.57. The molecule has 0 aliphatic rings. The fraction of sp³-hybridized carbons (Fsp3) is 0.278. The number of aromatic nitrogens is 3. The van der Waals surface area contributed by atoms with Crippen molar-refractivity contribution in [3.05, 3.63) is 51.9 Å². The molecule has 7 heteroatoms. The van der Waals surface area contributed by atoms with E-state index in [4.69, 9.17) is 0 Å². The van der Waals surface area contributed by atoms with Gasteiger partial charge in [0.2, 0.25) is 0 Å². The van der Waals surface area contributed by atoms with Crippen molar-refractivity contribution in [3.8, 4) is 11.3 Å². The number of anilines is 1. The van der Waals surface area contributed by atoms with E-state index in [-0.39, 0.29) is 11.5 Å². The molecular formula is C18H19FN4OS. The molecule has 0 spiro atoms. The maximum absolute atomic E-state index is 14.0. The van der Waals surface area contributed by atoms with Crippen molar-refractivity contribution >= 4 is 22.9 Å². The second-order valence-electron chi connectivity index (χ2n) is 5.81. The summed E-state index contributed by atoms with van der Waals surface area (Å²) in [4.78, 5) is 17.9. The number of benzene rings is 1.